The van der Waals surface area contributed by atoms with E-state index in [1.54, 1.807) is 12.3 Å². The van der Waals surface area contributed by atoms with Crippen LogP contribution in [0.3, 0.4) is 0 Å². The number of aromatic nitrogens is 1. The minimum absolute atomic E-state index is 0.0189. The molecule has 4 rings (SSSR count). The Hall–Kier alpha value is -2.34. The molecule has 6 heteroatoms. The molecular formula is C18H20N2O4. The summed E-state index contributed by atoms with van der Waals surface area (Å²) in [5.74, 6) is 1.66. The van der Waals surface area contributed by atoms with E-state index in [9.17, 15) is 4.79 Å². The number of carbonyl (C=O) groups is 1. The number of aryl methyl sites for hydroxylation is 1. The van der Waals surface area contributed by atoms with Crippen molar-refractivity contribution in [2.45, 2.75) is 38.0 Å². The van der Waals surface area contributed by atoms with E-state index in [1.807, 2.05) is 36.1 Å². The zero-order chi connectivity index (χ0) is 16.5. The summed E-state index contributed by atoms with van der Waals surface area (Å²) < 4.78 is 17.4. The minimum atomic E-state index is -0.124. The molecule has 1 aliphatic carbocycles. The number of morpholine rings is 1. The van der Waals surface area contributed by atoms with Crippen molar-refractivity contribution in [1.82, 2.24) is 9.88 Å². The molecule has 3 atom stereocenters. The van der Waals surface area contributed by atoms with E-state index in [4.69, 9.17) is 13.9 Å². The summed E-state index contributed by atoms with van der Waals surface area (Å²) in [4.78, 5) is 18.8. The summed E-state index contributed by atoms with van der Waals surface area (Å²) in [6.07, 6.45) is 3.19. The maximum Gasteiger partial charge on any atom is 0.289 e. The number of nitrogens with zero attached hydrogens (tertiary/aromatic N) is 2. The molecule has 1 saturated carbocycles. The summed E-state index contributed by atoms with van der Waals surface area (Å²) >= 11 is 0. The van der Waals surface area contributed by atoms with Crippen molar-refractivity contribution >= 4 is 5.91 Å². The highest BCUT2D eigenvalue weighted by atomic mass is 16.5. The number of amides is 1. The highest BCUT2D eigenvalue weighted by molar-refractivity contribution is 5.92. The van der Waals surface area contributed by atoms with Gasteiger partial charge < -0.3 is 18.8 Å². The first-order valence-electron chi connectivity index (χ1n) is 8.29. The average molecular weight is 328 g/mol. The van der Waals surface area contributed by atoms with Crippen LogP contribution >= 0.6 is 0 Å². The van der Waals surface area contributed by atoms with Crippen molar-refractivity contribution in [3.8, 4) is 5.88 Å². The second-order valence-corrected chi connectivity index (χ2v) is 6.21. The van der Waals surface area contributed by atoms with Gasteiger partial charge in [-0.05, 0) is 38.0 Å². The van der Waals surface area contributed by atoms with Gasteiger partial charge in [-0.1, -0.05) is 6.07 Å². The van der Waals surface area contributed by atoms with Gasteiger partial charge in [0.15, 0.2) is 5.76 Å². The molecule has 0 N–H and O–H groups in total. The Morgan fingerprint density at radius 1 is 1.29 bits per heavy atom. The van der Waals surface area contributed by atoms with Gasteiger partial charge in [0.25, 0.3) is 5.91 Å². The summed E-state index contributed by atoms with van der Waals surface area (Å²) in [7, 11) is 0. The molecule has 6 nitrogen and oxygen atoms in total. The van der Waals surface area contributed by atoms with Crippen molar-refractivity contribution in [3.63, 3.8) is 0 Å². The number of hydrogen-bond acceptors (Lipinski definition) is 5. The first-order valence-corrected chi connectivity index (χ1v) is 8.29. The fourth-order valence-electron chi connectivity index (χ4n) is 3.56. The SMILES string of the molecule is Cc1ccc(C(=O)N2CCO[C@H]3[C@@H](Oc4ccccn4)CC[C@@H]32)o1. The van der Waals surface area contributed by atoms with Crippen LogP contribution in [0.2, 0.25) is 0 Å². The number of furan rings is 1. The van der Waals surface area contributed by atoms with Crippen molar-refractivity contribution in [3.05, 3.63) is 48.0 Å². The van der Waals surface area contributed by atoms with Gasteiger partial charge in [0.05, 0.1) is 12.6 Å². The number of pyridine rings is 1. The predicted molar refractivity (Wildman–Crippen MR) is 85.9 cm³/mol. The van der Waals surface area contributed by atoms with Gasteiger partial charge >= 0.3 is 0 Å². The topological polar surface area (TPSA) is 64.8 Å². The molecule has 126 valence electrons. The number of fused-ring (bicyclic) bond motifs is 1. The van der Waals surface area contributed by atoms with E-state index in [0.29, 0.717) is 24.8 Å². The van der Waals surface area contributed by atoms with Gasteiger partial charge in [-0.2, -0.15) is 0 Å². The van der Waals surface area contributed by atoms with Crippen LogP contribution in [0.15, 0.2) is 40.9 Å². The third-order valence-electron chi connectivity index (χ3n) is 4.66. The van der Waals surface area contributed by atoms with Gasteiger partial charge in [0, 0.05) is 18.8 Å². The summed E-state index contributed by atoms with van der Waals surface area (Å²) in [5, 5.41) is 0. The minimum Gasteiger partial charge on any atom is -0.471 e. The van der Waals surface area contributed by atoms with E-state index in [1.165, 1.54) is 0 Å². The van der Waals surface area contributed by atoms with Crippen LogP contribution in [0.4, 0.5) is 0 Å². The highest BCUT2D eigenvalue weighted by Gasteiger charge is 2.46. The molecule has 1 amide bonds. The normalized spacial score (nSPS) is 26.2. The number of hydrogen-bond donors (Lipinski definition) is 0. The molecule has 0 bridgehead atoms. The Bertz CT molecular complexity index is 715. The Morgan fingerprint density at radius 3 is 2.96 bits per heavy atom. The summed E-state index contributed by atoms with van der Waals surface area (Å²) in [5.41, 5.74) is 0. The highest BCUT2D eigenvalue weighted by Crippen LogP contribution is 2.33. The van der Waals surface area contributed by atoms with Gasteiger partial charge in [0.1, 0.15) is 18.0 Å². The van der Waals surface area contributed by atoms with Crippen molar-refractivity contribution in [1.29, 1.82) is 0 Å². The lowest BCUT2D eigenvalue weighted by atomic mass is 10.1. The van der Waals surface area contributed by atoms with Crippen molar-refractivity contribution in [2.24, 2.45) is 0 Å². The third-order valence-corrected chi connectivity index (χ3v) is 4.66. The fraction of sp³-hybridized carbons (Fsp3) is 0.444. The largest absolute Gasteiger partial charge is 0.471 e. The Labute approximate surface area is 140 Å². The molecule has 1 saturated heterocycles. The molecule has 3 heterocycles. The standard InChI is InChI=1S/C18H20N2O4/c1-12-5-7-15(23-12)18(21)20-10-11-22-17-13(20)6-8-14(17)24-16-4-2-3-9-19-16/h2-5,7,9,13-14,17H,6,8,10-11H2,1H3/t13-,14-,17+/m0/s1. The number of ether oxygens (including phenoxy) is 2. The van der Waals surface area contributed by atoms with Gasteiger partial charge in [-0.3, -0.25) is 4.79 Å². The van der Waals surface area contributed by atoms with Crippen molar-refractivity contribution in [2.75, 3.05) is 13.2 Å². The lowest BCUT2D eigenvalue weighted by molar-refractivity contribution is -0.0798. The van der Waals surface area contributed by atoms with Crippen LogP contribution in [0, 0.1) is 6.92 Å². The van der Waals surface area contributed by atoms with Crippen LogP contribution in [0.25, 0.3) is 0 Å². The van der Waals surface area contributed by atoms with E-state index in [0.717, 1.165) is 18.6 Å². The Morgan fingerprint density at radius 2 is 2.21 bits per heavy atom. The third kappa shape index (κ3) is 2.78. The monoisotopic (exact) mass is 328 g/mol. The van der Waals surface area contributed by atoms with Crippen LogP contribution in [0.5, 0.6) is 5.88 Å². The molecule has 2 aromatic rings. The van der Waals surface area contributed by atoms with Gasteiger partial charge in [-0.25, -0.2) is 4.98 Å². The first kappa shape index (κ1) is 15.2. The summed E-state index contributed by atoms with van der Waals surface area (Å²) in [6.45, 7) is 2.93. The molecule has 2 aromatic heterocycles. The van der Waals surface area contributed by atoms with Gasteiger partial charge in [0.2, 0.25) is 5.88 Å². The first-order chi connectivity index (χ1) is 11.7. The van der Waals surface area contributed by atoms with Crippen LogP contribution in [-0.2, 0) is 4.74 Å². The smallest absolute Gasteiger partial charge is 0.289 e. The molecule has 1 aliphatic heterocycles. The average Bonchev–Trinajstić information content (AvgIpc) is 3.22. The lowest BCUT2D eigenvalue weighted by Crippen LogP contribution is -2.54. The number of rotatable bonds is 3. The van der Waals surface area contributed by atoms with Crippen LogP contribution in [0.1, 0.15) is 29.2 Å². The maximum absolute atomic E-state index is 12.7. The van der Waals surface area contributed by atoms with E-state index < -0.39 is 0 Å². The van der Waals surface area contributed by atoms with E-state index in [2.05, 4.69) is 4.98 Å². The van der Waals surface area contributed by atoms with Crippen LogP contribution in [-0.4, -0.2) is 47.2 Å². The molecule has 24 heavy (non-hydrogen) atoms. The molecule has 0 aromatic carbocycles. The zero-order valence-corrected chi connectivity index (χ0v) is 13.6. The fourth-order valence-corrected chi connectivity index (χ4v) is 3.56. The second kappa shape index (κ2) is 6.28. The summed E-state index contributed by atoms with van der Waals surface area (Å²) in [6, 6.07) is 9.15. The predicted octanol–water partition coefficient (Wildman–Crippen LogP) is 2.43. The molecule has 2 fully saturated rings. The maximum atomic E-state index is 12.7. The zero-order valence-electron chi connectivity index (χ0n) is 13.6. The molecule has 0 radical (unpaired) electrons. The molecule has 0 spiro atoms. The van der Waals surface area contributed by atoms with Crippen LogP contribution < -0.4 is 4.74 Å². The molecular weight excluding hydrogens is 308 g/mol. The number of carbonyl (C=O) groups excluding carboxylic acids is 1. The lowest BCUT2D eigenvalue weighted by Gasteiger charge is -2.38. The second-order valence-electron chi connectivity index (χ2n) is 6.21. The van der Waals surface area contributed by atoms with Gasteiger partial charge in [-0.15, -0.1) is 0 Å². The Kier molecular flexibility index (Phi) is 3.98. The quantitative estimate of drug-likeness (QED) is 0.866. The van der Waals surface area contributed by atoms with E-state index >= 15 is 0 Å². The molecule has 0 unspecified atom stereocenters. The van der Waals surface area contributed by atoms with Crippen molar-refractivity contribution < 1.29 is 18.7 Å². The Balaban J connectivity index is 1.49. The van der Waals surface area contributed by atoms with E-state index in [-0.39, 0.29) is 24.2 Å². The molecule has 2 aliphatic rings.